The molecule has 19 amide bonds. The number of hydrogen-bond acceptors (Lipinski definition) is 24. The highest BCUT2D eigenvalue weighted by atomic mass is 32.2. The molecule has 0 spiro atoms. The van der Waals surface area contributed by atoms with Crippen molar-refractivity contribution in [1.82, 2.24) is 93.0 Å². The third-order valence-corrected chi connectivity index (χ3v) is 25.5. The maximum atomic E-state index is 15.8. The van der Waals surface area contributed by atoms with Crippen molar-refractivity contribution in [2.45, 2.75) is 241 Å². The van der Waals surface area contributed by atoms with Crippen molar-refractivity contribution < 1.29 is 106 Å². The molecule has 5 heterocycles. The first-order valence-electron chi connectivity index (χ1n) is 46.3. The largest absolute Gasteiger partial charge is 0.508 e. The number of aromatic amines is 2. The van der Waals surface area contributed by atoms with E-state index in [0.29, 0.717) is 63.1 Å². The minimum absolute atomic E-state index is 0.0433. The number of aliphatic hydroxyl groups excluding tert-OH is 2. The molecule has 3 fully saturated rings. The van der Waals surface area contributed by atoms with Gasteiger partial charge in [-0.1, -0.05) is 102 Å². The Morgan fingerprint density at radius 3 is 1.71 bits per heavy atom. The first kappa shape index (κ1) is 111. The second-order valence-electron chi connectivity index (χ2n) is 35.4. The van der Waals surface area contributed by atoms with Crippen LogP contribution < -0.4 is 87.2 Å². The zero-order valence-electron chi connectivity index (χ0n) is 79.5. The standard InChI is InChI=1S/C93H130N24O22S/c1-10-13-25-70-85(132)104-61(32-33-75(122)112-93(97)98)81(128)111-69(80(127)101-44-76(123)102-60(20-12-3)78(96)125)47-140-48-77(124)103-64(36-51-28-30-54(119)31-29-51)88(135)113(7)50(6)79(126)106-66(40-74(95)121)90(137)116-34-19-27-71(116)86(133)109-67(41-94)83(130)107-63(35-49(4)5)91(138)117-45-55(120)39-73(117)87(134)105-62(37-52-42-99-58-23-17-15-21-56(52)58)82(129)110-68(46-118)84(131)108-65(38-53-43-100-59-24-18-16-22-57(53)59)89(136)115(9)72(26-14-11-2)92(139)114(70)8/h3,15-18,21-24,28-31,42-43,49-50,55,60-73,99-100,118-120H,10-11,13-14,19-20,25-27,32-41,44-48,94H2,1-2,4-9H3,(H2,95,121)(H2,96,125)(H,101,127)(H,102,123)(H,103,124)(H,104,132)(H,105,134)(H,106,126)(H,107,130)(H,108,131)(H,109,133)(H,110,129)(H,111,128)(H4,97,98,112,122)/t50-,55+,60-,61-,62-,63-,64-,65-,66-,67-,68-,69-,70-,71-,72-,73-/m0/s1. The van der Waals surface area contributed by atoms with Gasteiger partial charge in [-0.05, 0) is 92.3 Å². The Bertz CT molecular complexity index is 5390. The summed E-state index contributed by atoms with van der Waals surface area (Å²) < 4.78 is 0. The number of primary amides is 2. The molecule has 0 bridgehead atoms. The molecule has 760 valence electrons. The Morgan fingerprint density at radius 2 is 1.11 bits per heavy atom. The first-order valence-corrected chi connectivity index (χ1v) is 47.5. The number of rotatable bonds is 27. The van der Waals surface area contributed by atoms with Crippen molar-refractivity contribution in [1.29, 1.82) is 0 Å². The van der Waals surface area contributed by atoms with Crippen LogP contribution in [0.1, 0.15) is 141 Å². The first-order chi connectivity index (χ1) is 66.5. The number of phenolic OH excluding ortho intramolecular Hbond substituents is 1. The molecular weight excluding hydrogens is 1840 g/mol. The normalized spacial score (nSPS) is 24.4. The lowest BCUT2D eigenvalue weighted by Gasteiger charge is -2.36. The van der Waals surface area contributed by atoms with Crippen LogP contribution in [-0.2, 0) is 110 Å². The van der Waals surface area contributed by atoms with Crippen molar-refractivity contribution in [3.05, 3.63) is 102 Å². The quantitative estimate of drug-likeness (QED) is 0.0133. The van der Waals surface area contributed by atoms with Gasteiger partial charge in [-0.3, -0.25) is 91.1 Å². The van der Waals surface area contributed by atoms with E-state index in [1.807, 2.05) is 6.92 Å². The molecule has 0 radical (unpaired) electrons. The van der Waals surface area contributed by atoms with Gasteiger partial charge in [-0.15, -0.1) is 24.1 Å². The molecule has 16 atom stereocenters. The Hall–Kier alpha value is -14.3. The minimum atomic E-state index is -1.93. The third-order valence-electron chi connectivity index (χ3n) is 24.5. The molecule has 0 aliphatic carbocycles. The molecule has 46 nitrogen and oxygen atoms in total. The number of aliphatic hydroxyl groups is 2. The van der Waals surface area contributed by atoms with Crippen molar-refractivity contribution in [2.24, 2.45) is 39.6 Å². The molecule has 3 aromatic carbocycles. The topological polar surface area (TPSA) is 708 Å². The molecule has 140 heavy (non-hydrogen) atoms. The predicted octanol–water partition coefficient (Wildman–Crippen LogP) is -5.11. The fraction of sp³-hybridized carbons (Fsp3) is 0.527. The van der Waals surface area contributed by atoms with Crippen molar-refractivity contribution >= 4 is 152 Å². The van der Waals surface area contributed by atoms with Gasteiger partial charge in [0.25, 0.3) is 0 Å². The second-order valence-corrected chi connectivity index (χ2v) is 36.4. The van der Waals surface area contributed by atoms with E-state index >= 15 is 38.4 Å². The number of phenols is 1. The van der Waals surface area contributed by atoms with E-state index in [-0.39, 0.29) is 88.8 Å². The van der Waals surface area contributed by atoms with Gasteiger partial charge in [-0.25, -0.2) is 0 Å². The number of fused-ring (bicyclic) bond motifs is 4. The highest BCUT2D eigenvalue weighted by Crippen LogP contribution is 2.28. The van der Waals surface area contributed by atoms with Crippen LogP contribution in [0.2, 0.25) is 0 Å². The SMILES string of the molecule is C#CC[C@H](NC(=O)CNC(=O)[C@@H]1CSCC(=O)N[C@@H](Cc2ccc(O)cc2)C(=O)N(C)[C@@H](C)C(=O)N[C@@H](CC(N)=O)C(=O)N2CCC[C@H]2C(=O)N[C@@H](CN)C(=O)N[C@@H](CC(C)C)C(=O)N2C[C@H](O)C[C@H]2C(=O)N[C@@H](Cc2c[nH]c3ccccc23)C(=O)N[C@@H](CO)C(=O)N[C@@H](Cc2c[nH]c3ccccc23)C(=O)N(C)[C@@H](CCCC)C(=O)N(C)[C@@H](CCCC)C(=O)N[C@@H](CCC(=O)N=C(N)N)C(=O)N1)C(N)=O. The van der Waals surface area contributed by atoms with Crippen LogP contribution in [0.15, 0.2) is 90.2 Å². The Kier molecular flexibility index (Phi) is 42.1. The average molecular weight is 1970 g/mol. The second kappa shape index (κ2) is 53.0. The Morgan fingerprint density at radius 1 is 0.586 bits per heavy atom. The van der Waals surface area contributed by atoms with Gasteiger partial charge < -0.3 is 137 Å². The number of aromatic nitrogens is 2. The number of hydrogen-bond donors (Lipinski definition) is 21. The zero-order valence-corrected chi connectivity index (χ0v) is 80.3. The zero-order chi connectivity index (χ0) is 103. The number of benzene rings is 3. The number of thioether (sulfide) groups is 1. The lowest BCUT2D eigenvalue weighted by molar-refractivity contribution is -0.149. The molecule has 5 aromatic rings. The van der Waals surface area contributed by atoms with Crippen LogP contribution in [0.25, 0.3) is 21.8 Å². The van der Waals surface area contributed by atoms with Gasteiger partial charge in [-0.2, -0.15) is 4.99 Å². The van der Waals surface area contributed by atoms with Crippen LogP contribution in [0.3, 0.4) is 0 Å². The number of guanidine groups is 1. The number of amides is 19. The van der Waals surface area contributed by atoms with E-state index in [1.165, 1.54) is 52.3 Å². The van der Waals surface area contributed by atoms with Gasteiger partial charge in [0, 0.05) is 119 Å². The monoisotopic (exact) mass is 1970 g/mol. The Balaban J connectivity index is 1.21. The lowest BCUT2D eigenvalue weighted by atomic mass is 10.00. The molecule has 47 heteroatoms. The highest BCUT2D eigenvalue weighted by Gasteiger charge is 2.47. The molecule has 26 N–H and O–H groups in total. The highest BCUT2D eigenvalue weighted by molar-refractivity contribution is 8.00. The molecule has 0 unspecified atom stereocenters. The molecular formula is C93H130N24O22S. The fourth-order valence-electron chi connectivity index (χ4n) is 16.7. The number of carbonyl (C=O) groups is 19. The summed E-state index contributed by atoms with van der Waals surface area (Å²) in [6.07, 6.45) is 4.45. The summed E-state index contributed by atoms with van der Waals surface area (Å²) in [7, 11) is 3.75. The number of likely N-dealkylation sites (N-methyl/N-ethyl adjacent to an activating group) is 3. The summed E-state index contributed by atoms with van der Waals surface area (Å²) in [5.41, 5.74) is 31.0. The van der Waals surface area contributed by atoms with Gasteiger partial charge in [0.2, 0.25) is 112 Å². The number of H-pyrrole nitrogens is 2. The van der Waals surface area contributed by atoms with Gasteiger partial charge >= 0.3 is 0 Å². The van der Waals surface area contributed by atoms with E-state index in [9.17, 15) is 68.1 Å². The van der Waals surface area contributed by atoms with Crippen LogP contribution in [0.5, 0.6) is 5.75 Å². The lowest BCUT2D eigenvalue weighted by Crippen LogP contribution is -2.62. The van der Waals surface area contributed by atoms with Gasteiger partial charge in [0.05, 0.1) is 31.4 Å². The summed E-state index contributed by atoms with van der Waals surface area (Å²) >= 11 is 0.660. The van der Waals surface area contributed by atoms with Crippen molar-refractivity contribution in [3.8, 4) is 18.1 Å². The molecule has 3 aliphatic rings. The smallest absolute Gasteiger partial charge is 0.248 e. The predicted molar refractivity (Wildman–Crippen MR) is 513 cm³/mol. The number of carbonyl (C=O) groups excluding carboxylic acids is 19. The van der Waals surface area contributed by atoms with Crippen molar-refractivity contribution in [3.63, 3.8) is 0 Å². The van der Waals surface area contributed by atoms with Gasteiger partial charge in [0.15, 0.2) is 5.96 Å². The Labute approximate surface area is 812 Å². The summed E-state index contributed by atoms with van der Waals surface area (Å²) in [6.45, 7) is 4.99. The van der Waals surface area contributed by atoms with E-state index in [2.05, 4.69) is 79.4 Å². The van der Waals surface area contributed by atoms with E-state index in [0.717, 1.165) is 24.5 Å². The summed E-state index contributed by atoms with van der Waals surface area (Å²) in [6, 6.07) is -5.07. The summed E-state index contributed by atoms with van der Waals surface area (Å²) in [4.78, 5) is 292. The number of para-hydroxylation sites is 2. The van der Waals surface area contributed by atoms with Crippen LogP contribution >= 0.6 is 11.8 Å². The van der Waals surface area contributed by atoms with Crippen LogP contribution in [0, 0.1) is 18.3 Å². The molecule has 3 saturated heterocycles. The minimum Gasteiger partial charge on any atom is -0.508 e. The molecule has 8 rings (SSSR count). The van der Waals surface area contributed by atoms with E-state index < -0.39 is 278 Å². The third kappa shape index (κ3) is 31.1. The maximum absolute atomic E-state index is 15.8. The van der Waals surface area contributed by atoms with Crippen LogP contribution in [-0.4, -0.2) is 330 Å². The summed E-state index contributed by atoms with van der Waals surface area (Å²) in [5, 5.41) is 62.1. The number of nitrogens with one attached hydrogen (secondary N) is 13. The van der Waals surface area contributed by atoms with E-state index in [1.54, 1.807) is 81.7 Å². The molecule has 0 saturated carbocycles. The molecule has 2 aromatic heterocycles. The average Bonchev–Trinajstić information content (AvgIpc) is 1.68. The summed E-state index contributed by atoms with van der Waals surface area (Å²) in [5.74, 6) is -19.6. The maximum Gasteiger partial charge on any atom is 0.248 e. The number of nitrogens with zero attached hydrogens (tertiary/aromatic N) is 6. The van der Waals surface area contributed by atoms with Crippen molar-refractivity contribution in [2.75, 3.05) is 65.4 Å². The van der Waals surface area contributed by atoms with Crippen LogP contribution in [0.4, 0.5) is 0 Å². The number of nitrogens with two attached hydrogens (primary N) is 5. The van der Waals surface area contributed by atoms with E-state index in [4.69, 9.17) is 35.1 Å². The number of aromatic hydroxyl groups is 1. The fourth-order valence-corrected chi connectivity index (χ4v) is 17.6. The number of aliphatic imine (C=N–C) groups is 1. The van der Waals surface area contributed by atoms with Gasteiger partial charge in [0.1, 0.15) is 96.4 Å². The molecule has 3 aliphatic heterocycles. The number of unbranched alkanes of at least 4 members (excludes halogenated alkanes) is 2. The number of terminal acetylenes is 1.